The molecule has 0 aliphatic rings. The summed E-state index contributed by atoms with van der Waals surface area (Å²) < 4.78 is 0.0895. The van der Waals surface area contributed by atoms with E-state index >= 15 is 0 Å². The SMILES string of the molecule is ClC=C(Cl)Cl.ClCCl. The van der Waals surface area contributed by atoms with Crippen LogP contribution in [0.15, 0.2) is 10.0 Å². The highest BCUT2D eigenvalue weighted by Gasteiger charge is 1.70. The third-order valence-electron chi connectivity index (χ3n) is 0.0825. The highest BCUT2D eigenvalue weighted by Crippen LogP contribution is 2.05. The molecule has 5 heteroatoms. The Morgan fingerprint density at radius 3 is 1.38 bits per heavy atom. The molecule has 0 nitrogen and oxygen atoms in total. The fourth-order valence-electron chi connectivity index (χ4n) is 0. The van der Waals surface area contributed by atoms with E-state index in [0.717, 1.165) is 5.54 Å². The van der Waals surface area contributed by atoms with Gasteiger partial charge < -0.3 is 0 Å². The topological polar surface area (TPSA) is 0 Å². The Bertz CT molecular complexity index is 54.7. The van der Waals surface area contributed by atoms with Gasteiger partial charge in [0.1, 0.15) is 4.49 Å². The zero-order chi connectivity index (χ0) is 6.99. The first kappa shape index (κ1) is 11.9. The van der Waals surface area contributed by atoms with Gasteiger partial charge in [-0.05, 0) is 0 Å². The Hall–Kier alpha value is 1.19. The second-order valence-electron chi connectivity index (χ2n) is 0.500. The zero-order valence-corrected chi connectivity index (χ0v) is 7.45. The van der Waals surface area contributed by atoms with Gasteiger partial charge in [0.25, 0.3) is 0 Å². The van der Waals surface area contributed by atoms with E-state index < -0.39 is 0 Å². The molecule has 8 heavy (non-hydrogen) atoms. The summed E-state index contributed by atoms with van der Waals surface area (Å²) in [4.78, 5) is 0. The summed E-state index contributed by atoms with van der Waals surface area (Å²) in [5, 5.41) is 0.194. The molecule has 0 aromatic heterocycles. The number of rotatable bonds is 0. The molecular weight excluding hydrogens is 213 g/mol. The minimum atomic E-state index is 0.0895. The van der Waals surface area contributed by atoms with Crippen LogP contribution < -0.4 is 0 Å². The molecule has 0 heterocycles. The fourth-order valence-corrected chi connectivity index (χ4v) is 0. The molecule has 0 atom stereocenters. The van der Waals surface area contributed by atoms with Crippen molar-refractivity contribution in [2.75, 3.05) is 5.34 Å². The highest BCUT2D eigenvalue weighted by atomic mass is 35.5. The van der Waals surface area contributed by atoms with Crippen molar-refractivity contribution in [2.45, 2.75) is 0 Å². The van der Waals surface area contributed by atoms with Crippen LogP contribution in [-0.4, -0.2) is 5.34 Å². The van der Waals surface area contributed by atoms with Crippen molar-refractivity contribution in [3.63, 3.8) is 0 Å². The molecule has 0 aromatic rings. The Kier molecular flexibility index (Phi) is 16.5. The van der Waals surface area contributed by atoms with Crippen LogP contribution in [0.4, 0.5) is 0 Å². The van der Waals surface area contributed by atoms with Crippen LogP contribution in [0.3, 0.4) is 0 Å². The fraction of sp³-hybridized carbons (Fsp3) is 0.333. The smallest absolute Gasteiger partial charge is 0.109 e. The van der Waals surface area contributed by atoms with Crippen LogP contribution in [0.2, 0.25) is 0 Å². The maximum absolute atomic E-state index is 4.96. The second-order valence-corrected chi connectivity index (χ2v) is 2.53. The molecule has 0 aliphatic carbocycles. The Balaban J connectivity index is 0. The summed E-state index contributed by atoms with van der Waals surface area (Å²) in [7, 11) is 0. The van der Waals surface area contributed by atoms with Gasteiger partial charge in [0.2, 0.25) is 0 Å². The highest BCUT2D eigenvalue weighted by molar-refractivity contribution is 6.58. The van der Waals surface area contributed by atoms with Gasteiger partial charge in [-0.25, -0.2) is 0 Å². The van der Waals surface area contributed by atoms with Crippen molar-refractivity contribution in [3.8, 4) is 0 Å². The zero-order valence-electron chi connectivity index (χ0n) is 3.67. The van der Waals surface area contributed by atoms with Crippen molar-refractivity contribution in [1.29, 1.82) is 0 Å². The predicted octanol–water partition coefficient (Wildman–Crippen LogP) is 3.92. The summed E-state index contributed by atoms with van der Waals surface area (Å²) in [6.07, 6.45) is 0. The number of hydrogen-bond donors (Lipinski definition) is 0. The Labute approximate surface area is 73.3 Å². The van der Waals surface area contributed by atoms with Crippen molar-refractivity contribution in [2.24, 2.45) is 0 Å². The minimum Gasteiger partial charge on any atom is -0.109 e. The van der Waals surface area contributed by atoms with Gasteiger partial charge in [-0.15, -0.1) is 23.2 Å². The molecule has 0 saturated carbocycles. The van der Waals surface area contributed by atoms with Gasteiger partial charge in [0.15, 0.2) is 0 Å². The average molecular weight is 216 g/mol. The van der Waals surface area contributed by atoms with E-state index in [9.17, 15) is 0 Å². The molecular formula is C3H3Cl5. The summed E-state index contributed by atoms with van der Waals surface area (Å²) in [6.45, 7) is 0. The lowest BCUT2D eigenvalue weighted by Crippen LogP contribution is -1.33. The molecule has 50 valence electrons. The number of hydrogen-bond acceptors (Lipinski definition) is 0. The lowest BCUT2D eigenvalue weighted by Gasteiger charge is -1.64. The molecule has 0 aliphatic heterocycles. The second kappa shape index (κ2) is 11.0. The molecule has 0 fully saturated rings. The molecule has 0 amide bonds. The first-order valence-corrected chi connectivity index (χ1v) is 3.68. The third kappa shape index (κ3) is 27.1. The van der Waals surface area contributed by atoms with E-state index in [-0.39, 0.29) is 9.83 Å². The molecule has 0 unspecified atom stereocenters. The quantitative estimate of drug-likeness (QED) is 0.538. The van der Waals surface area contributed by atoms with Crippen molar-refractivity contribution >= 4 is 58.0 Å². The van der Waals surface area contributed by atoms with Gasteiger partial charge >= 0.3 is 0 Å². The lowest BCUT2D eigenvalue weighted by molar-refractivity contribution is 2.20. The van der Waals surface area contributed by atoms with Gasteiger partial charge in [0, 0.05) is 5.54 Å². The van der Waals surface area contributed by atoms with E-state index in [1.165, 1.54) is 0 Å². The summed E-state index contributed by atoms with van der Waals surface area (Å²) in [5.41, 5.74) is 1.09. The maximum atomic E-state index is 4.96. The van der Waals surface area contributed by atoms with E-state index in [0.29, 0.717) is 0 Å². The summed E-state index contributed by atoms with van der Waals surface area (Å²) >= 11 is 24.4. The van der Waals surface area contributed by atoms with Gasteiger partial charge in [0.05, 0.1) is 5.34 Å². The summed E-state index contributed by atoms with van der Waals surface area (Å²) in [5.74, 6) is 0. The van der Waals surface area contributed by atoms with E-state index in [1.54, 1.807) is 0 Å². The Morgan fingerprint density at radius 2 is 1.38 bits per heavy atom. The van der Waals surface area contributed by atoms with Crippen LogP contribution in [-0.2, 0) is 0 Å². The molecule has 0 aromatic carbocycles. The van der Waals surface area contributed by atoms with E-state index in [2.05, 4.69) is 0 Å². The molecule has 0 spiro atoms. The van der Waals surface area contributed by atoms with Gasteiger partial charge in [-0.2, -0.15) is 0 Å². The first-order valence-electron chi connectivity index (χ1n) is 1.42. The molecule has 0 N–H and O–H groups in total. The monoisotopic (exact) mass is 214 g/mol. The van der Waals surface area contributed by atoms with E-state index in [1.807, 2.05) is 0 Å². The molecule has 0 saturated heterocycles. The summed E-state index contributed by atoms with van der Waals surface area (Å²) in [6, 6.07) is 0. The first-order chi connectivity index (χ1) is 3.68. The van der Waals surface area contributed by atoms with Gasteiger partial charge in [-0.1, -0.05) is 34.8 Å². The average Bonchev–Trinajstić information content (AvgIpc) is 1.69. The molecule has 0 rings (SSSR count). The molecule has 0 bridgehead atoms. The third-order valence-corrected chi connectivity index (χ3v) is 0.742. The van der Waals surface area contributed by atoms with Crippen molar-refractivity contribution < 1.29 is 0 Å². The van der Waals surface area contributed by atoms with Crippen LogP contribution >= 0.6 is 58.0 Å². The number of halogens is 5. The van der Waals surface area contributed by atoms with E-state index in [4.69, 9.17) is 58.0 Å². The van der Waals surface area contributed by atoms with Crippen LogP contribution in [0.25, 0.3) is 0 Å². The Morgan fingerprint density at radius 1 is 1.25 bits per heavy atom. The largest absolute Gasteiger partial charge is 0.118 e. The van der Waals surface area contributed by atoms with Crippen LogP contribution in [0.1, 0.15) is 0 Å². The van der Waals surface area contributed by atoms with Crippen molar-refractivity contribution in [3.05, 3.63) is 10.0 Å². The standard InChI is InChI=1S/C2HCl3.CH2Cl2/c3-1-2(4)5;2-1-3/h1H;1H2. The van der Waals surface area contributed by atoms with Crippen LogP contribution in [0.5, 0.6) is 0 Å². The van der Waals surface area contributed by atoms with Crippen molar-refractivity contribution in [1.82, 2.24) is 0 Å². The minimum absolute atomic E-state index is 0.0895. The maximum Gasteiger partial charge on any atom is 0.118 e. The van der Waals surface area contributed by atoms with Crippen LogP contribution in [0, 0.1) is 0 Å². The van der Waals surface area contributed by atoms with Gasteiger partial charge in [-0.3, -0.25) is 0 Å². The lowest BCUT2D eigenvalue weighted by atomic mass is 11.2. The number of alkyl halides is 2. The normalized spacial score (nSPS) is 6.62. The predicted molar refractivity (Wildman–Crippen MR) is 42.2 cm³/mol. The molecule has 0 radical (unpaired) electrons.